The van der Waals surface area contributed by atoms with Crippen LogP contribution in [0.25, 0.3) is 39.3 Å². The summed E-state index contributed by atoms with van der Waals surface area (Å²) >= 11 is 13.0. The van der Waals surface area contributed by atoms with Gasteiger partial charge in [-0.25, -0.2) is 0 Å². The fourth-order valence-electron chi connectivity index (χ4n) is 3.99. The van der Waals surface area contributed by atoms with Crippen molar-refractivity contribution in [2.24, 2.45) is 0 Å². The van der Waals surface area contributed by atoms with Gasteiger partial charge in [-0.3, -0.25) is 0 Å². The molecule has 2 nitrogen and oxygen atoms in total. The van der Waals surface area contributed by atoms with E-state index in [0.717, 1.165) is 33.6 Å². The number of aromatic hydroxyl groups is 1. The van der Waals surface area contributed by atoms with E-state index in [0.29, 0.717) is 10.7 Å². The molecule has 4 aromatic carbocycles. The lowest BCUT2D eigenvalue weighted by molar-refractivity contribution is -0.571. The summed E-state index contributed by atoms with van der Waals surface area (Å²) in [6, 6.07) is 38.2. The number of halogens is 2. The zero-order valence-corrected chi connectivity index (χ0v) is 19.1. The molecular weight excluding hydrogens is 449 g/mol. The molecule has 0 aliphatic carbocycles. The van der Waals surface area contributed by atoms with Crippen molar-refractivity contribution in [1.29, 1.82) is 0 Å². The van der Waals surface area contributed by atoms with Crippen LogP contribution in [0.15, 0.2) is 115 Å². The van der Waals surface area contributed by atoms with E-state index < -0.39 is 0 Å². The minimum absolute atomic E-state index is 0.0468. The van der Waals surface area contributed by atoms with Crippen molar-refractivity contribution in [2.75, 3.05) is 0 Å². The summed E-state index contributed by atoms with van der Waals surface area (Å²) in [6.07, 6.45) is 0. The molecule has 1 heterocycles. The molecule has 0 radical (unpaired) electrons. The predicted octanol–water partition coefficient (Wildman–Crippen LogP) is 7.98. The number of pyridine rings is 1. The van der Waals surface area contributed by atoms with Crippen molar-refractivity contribution in [3.8, 4) is 45.1 Å². The maximum absolute atomic E-state index is 10.1. The first kappa shape index (κ1) is 21.3. The molecule has 0 bridgehead atoms. The largest absolute Gasteiger partial charge is 0.506 e. The molecule has 5 aromatic rings. The number of hydrogen-bond donors (Lipinski definition) is 1. The van der Waals surface area contributed by atoms with Gasteiger partial charge in [0.25, 0.3) is 0 Å². The lowest BCUT2D eigenvalue weighted by Crippen LogP contribution is -2.37. The summed E-state index contributed by atoms with van der Waals surface area (Å²) in [7, 11) is 0. The van der Waals surface area contributed by atoms with E-state index in [1.54, 1.807) is 6.07 Å². The van der Waals surface area contributed by atoms with Gasteiger partial charge in [-0.2, -0.15) is 4.57 Å². The van der Waals surface area contributed by atoms with Crippen molar-refractivity contribution in [3.05, 3.63) is 125 Å². The number of hydrogen-bond acceptors (Lipinski definition) is 1. The number of aromatic nitrogens is 1. The Hall–Kier alpha value is -3.59. The fourth-order valence-corrected chi connectivity index (χ4v) is 4.39. The minimum atomic E-state index is -0.0468. The Labute approximate surface area is 202 Å². The van der Waals surface area contributed by atoms with Gasteiger partial charge in [0.2, 0.25) is 17.1 Å². The molecule has 1 aromatic heterocycles. The Morgan fingerprint density at radius 3 is 1.42 bits per heavy atom. The third kappa shape index (κ3) is 4.23. The lowest BCUT2D eigenvalue weighted by Gasteiger charge is -2.14. The molecule has 0 amide bonds. The number of benzene rings is 4. The third-order valence-electron chi connectivity index (χ3n) is 5.57. The SMILES string of the molecule is Oc1cc(Cl)c(-[n+]2c(-c3ccccc3)cc(-c3ccccc3)cc2-c2ccccc2)cc1Cl. The highest BCUT2D eigenvalue weighted by molar-refractivity contribution is 6.35. The summed E-state index contributed by atoms with van der Waals surface area (Å²) < 4.78 is 2.10. The molecule has 4 heteroatoms. The van der Waals surface area contributed by atoms with Gasteiger partial charge >= 0.3 is 0 Å². The van der Waals surface area contributed by atoms with Crippen molar-refractivity contribution < 1.29 is 9.67 Å². The maximum Gasteiger partial charge on any atom is 0.232 e. The van der Waals surface area contributed by atoms with Gasteiger partial charge in [0.15, 0.2) is 0 Å². The molecule has 33 heavy (non-hydrogen) atoms. The summed E-state index contributed by atoms with van der Waals surface area (Å²) in [5.41, 5.74) is 6.88. The van der Waals surface area contributed by atoms with Gasteiger partial charge < -0.3 is 5.11 Å². The third-order valence-corrected chi connectivity index (χ3v) is 6.18. The van der Waals surface area contributed by atoms with Gasteiger partial charge in [0.1, 0.15) is 10.8 Å². The number of nitrogens with zero attached hydrogens (tertiary/aromatic N) is 1. The first-order valence-electron chi connectivity index (χ1n) is 10.6. The molecule has 0 aliphatic rings. The highest BCUT2D eigenvalue weighted by Crippen LogP contribution is 2.35. The van der Waals surface area contributed by atoms with Gasteiger partial charge in [0, 0.05) is 35.4 Å². The van der Waals surface area contributed by atoms with E-state index in [1.807, 2.05) is 54.6 Å². The number of rotatable bonds is 4. The quantitative estimate of drug-likeness (QED) is 0.265. The van der Waals surface area contributed by atoms with Crippen LogP contribution in [0.2, 0.25) is 10.0 Å². The predicted molar refractivity (Wildman–Crippen MR) is 136 cm³/mol. The Balaban J connectivity index is 1.91. The molecule has 0 atom stereocenters. The van der Waals surface area contributed by atoms with E-state index in [1.165, 1.54) is 6.07 Å². The van der Waals surface area contributed by atoms with Crippen LogP contribution in [0.1, 0.15) is 0 Å². The second kappa shape index (κ2) is 9.11. The van der Waals surface area contributed by atoms with Crippen LogP contribution in [-0.2, 0) is 0 Å². The summed E-state index contributed by atoms with van der Waals surface area (Å²) in [4.78, 5) is 0. The topological polar surface area (TPSA) is 24.1 Å². The standard InChI is InChI=1S/C29H19Cl2NO/c30-24-19-29(33)25(31)18-28(24)32-26(21-12-6-2-7-13-21)16-23(20-10-4-1-5-11-20)17-27(32)22-14-8-3-9-15-22/h1-19H/p+1. The first-order chi connectivity index (χ1) is 16.1. The maximum atomic E-state index is 10.1. The van der Waals surface area contributed by atoms with Crippen LogP contribution in [0.4, 0.5) is 0 Å². The zero-order valence-electron chi connectivity index (χ0n) is 17.6. The molecular formula is C29H20Cl2NO+. The van der Waals surface area contributed by atoms with Crippen LogP contribution in [0, 0.1) is 0 Å². The normalized spacial score (nSPS) is 10.8. The first-order valence-corrected chi connectivity index (χ1v) is 11.3. The van der Waals surface area contributed by atoms with Crippen LogP contribution in [0.3, 0.4) is 0 Å². The van der Waals surface area contributed by atoms with Crippen molar-refractivity contribution >= 4 is 23.2 Å². The molecule has 0 saturated heterocycles. The Kier molecular flexibility index (Phi) is 5.87. The highest BCUT2D eigenvalue weighted by atomic mass is 35.5. The van der Waals surface area contributed by atoms with Gasteiger partial charge in [-0.05, 0) is 35.4 Å². The highest BCUT2D eigenvalue weighted by Gasteiger charge is 2.27. The second-order valence-electron chi connectivity index (χ2n) is 7.70. The number of phenolic OH excluding ortho intramolecular Hbond substituents is 1. The van der Waals surface area contributed by atoms with Crippen LogP contribution in [0.5, 0.6) is 5.75 Å². The van der Waals surface area contributed by atoms with E-state index in [2.05, 4.69) is 53.1 Å². The molecule has 5 rings (SSSR count). The van der Waals surface area contributed by atoms with E-state index in [-0.39, 0.29) is 10.8 Å². The Bertz CT molecular complexity index is 1360. The zero-order chi connectivity index (χ0) is 22.8. The molecule has 0 aliphatic heterocycles. The average molecular weight is 469 g/mol. The van der Waals surface area contributed by atoms with E-state index in [4.69, 9.17) is 23.2 Å². The Morgan fingerprint density at radius 1 is 0.485 bits per heavy atom. The van der Waals surface area contributed by atoms with Crippen molar-refractivity contribution in [2.45, 2.75) is 0 Å². The molecule has 0 fully saturated rings. The van der Waals surface area contributed by atoms with Crippen molar-refractivity contribution in [1.82, 2.24) is 0 Å². The van der Waals surface area contributed by atoms with Gasteiger partial charge in [-0.1, -0.05) is 89.9 Å². The smallest absolute Gasteiger partial charge is 0.232 e. The van der Waals surface area contributed by atoms with Gasteiger partial charge in [-0.15, -0.1) is 0 Å². The van der Waals surface area contributed by atoms with Gasteiger partial charge in [0.05, 0.1) is 5.02 Å². The fraction of sp³-hybridized carbons (Fsp3) is 0. The van der Waals surface area contributed by atoms with E-state index in [9.17, 15) is 5.11 Å². The van der Waals surface area contributed by atoms with E-state index >= 15 is 0 Å². The minimum Gasteiger partial charge on any atom is -0.506 e. The molecule has 0 spiro atoms. The summed E-state index contributed by atoms with van der Waals surface area (Å²) in [5.74, 6) is -0.0468. The summed E-state index contributed by atoms with van der Waals surface area (Å²) in [6.45, 7) is 0. The lowest BCUT2D eigenvalue weighted by atomic mass is 9.98. The number of phenols is 1. The monoisotopic (exact) mass is 468 g/mol. The van der Waals surface area contributed by atoms with Crippen LogP contribution >= 0.6 is 23.2 Å². The molecule has 1 N–H and O–H groups in total. The van der Waals surface area contributed by atoms with Crippen LogP contribution < -0.4 is 4.57 Å². The molecule has 160 valence electrons. The molecule has 0 unspecified atom stereocenters. The second-order valence-corrected chi connectivity index (χ2v) is 8.52. The molecule has 0 saturated carbocycles. The van der Waals surface area contributed by atoms with Crippen molar-refractivity contribution in [3.63, 3.8) is 0 Å². The van der Waals surface area contributed by atoms with Crippen LogP contribution in [-0.4, -0.2) is 5.11 Å². The summed E-state index contributed by atoms with van der Waals surface area (Å²) in [5, 5.41) is 10.8. The Morgan fingerprint density at radius 2 is 0.939 bits per heavy atom. The average Bonchev–Trinajstić information content (AvgIpc) is 2.87.